The van der Waals surface area contributed by atoms with Crippen LogP contribution in [0.15, 0.2) is 0 Å². The summed E-state index contributed by atoms with van der Waals surface area (Å²) in [5, 5.41) is 3.38. The van der Waals surface area contributed by atoms with Gasteiger partial charge in [-0.15, -0.1) is 12.3 Å². The third-order valence-electron chi connectivity index (χ3n) is 2.72. The van der Waals surface area contributed by atoms with E-state index in [0.29, 0.717) is 6.04 Å². The van der Waals surface area contributed by atoms with Crippen molar-refractivity contribution in [2.24, 2.45) is 11.1 Å². The van der Waals surface area contributed by atoms with Gasteiger partial charge in [-0.3, -0.25) is 0 Å². The lowest BCUT2D eigenvalue weighted by Gasteiger charge is -2.27. The molecule has 11 heavy (non-hydrogen) atoms. The fourth-order valence-corrected chi connectivity index (χ4v) is 1.63. The fraction of sp³-hybridized carbons (Fsp3) is 0.778. The Morgan fingerprint density at radius 2 is 2.55 bits per heavy atom. The normalized spacial score (nSPS) is 37.0. The van der Waals surface area contributed by atoms with Crippen LogP contribution < -0.4 is 11.1 Å². The van der Waals surface area contributed by atoms with Gasteiger partial charge in [0.2, 0.25) is 0 Å². The SMILES string of the molecule is C#CC[C@@H]1NCC[C@@]1(C)CN. The Balaban J connectivity index is 2.58. The second-order valence-corrected chi connectivity index (χ2v) is 3.52. The lowest BCUT2D eigenvalue weighted by Crippen LogP contribution is -2.39. The third-order valence-corrected chi connectivity index (χ3v) is 2.72. The summed E-state index contributed by atoms with van der Waals surface area (Å²) in [6.45, 7) is 3.99. The summed E-state index contributed by atoms with van der Waals surface area (Å²) in [6.07, 6.45) is 7.20. The minimum Gasteiger partial charge on any atom is -0.330 e. The molecule has 0 unspecified atom stereocenters. The molecule has 2 nitrogen and oxygen atoms in total. The number of hydrogen-bond acceptors (Lipinski definition) is 2. The van der Waals surface area contributed by atoms with Gasteiger partial charge in [-0.2, -0.15) is 0 Å². The van der Waals surface area contributed by atoms with E-state index in [9.17, 15) is 0 Å². The van der Waals surface area contributed by atoms with E-state index in [2.05, 4.69) is 18.2 Å². The van der Waals surface area contributed by atoms with Crippen molar-refractivity contribution in [3.63, 3.8) is 0 Å². The van der Waals surface area contributed by atoms with E-state index in [4.69, 9.17) is 12.2 Å². The summed E-state index contributed by atoms with van der Waals surface area (Å²) < 4.78 is 0. The zero-order chi connectivity index (χ0) is 8.32. The zero-order valence-electron chi connectivity index (χ0n) is 7.06. The Labute approximate surface area is 68.5 Å². The quantitative estimate of drug-likeness (QED) is 0.560. The van der Waals surface area contributed by atoms with E-state index in [1.54, 1.807) is 0 Å². The molecule has 0 radical (unpaired) electrons. The minimum atomic E-state index is 0.229. The van der Waals surface area contributed by atoms with E-state index >= 15 is 0 Å². The molecule has 1 aliphatic rings. The Kier molecular flexibility index (Phi) is 2.53. The molecular formula is C9H16N2. The average molecular weight is 152 g/mol. The van der Waals surface area contributed by atoms with Crippen molar-refractivity contribution in [3.05, 3.63) is 0 Å². The topological polar surface area (TPSA) is 38.0 Å². The maximum Gasteiger partial charge on any atom is 0.0246 e. The molecule has 1 aliphatic heterocycles. The van der Waals surface area contributed by atoms with Gasteiger partial charge in [-0.25, -0.2) is 0 Å². The molecule has 62 valence electrons. The molecule has 1 rings (SSSR count). The molecule has 0 amide bonds. The fourth-order valence-electron chi connectivity index (χ4n) is 1.63. The number of hydrogen-bond donors (Lipinski definition) is 2. The van der Waals surface area contributed by atoms with Crippen LogP contribution >= 0.6 is 0 Å². The highest BCUT2D eigenvalue weighted by atomic mass is 15.0. The summed E-state index contributed by atoms with van der Waals surface area (Å²) >= 11 is 0. The first-order valence-corrected chi connectivity index (χ1v) is 4.10. The molecule has 0 spiro atoms. The van der Waals surface area contributed by atoms with Gasteiger partial charge in [0.05, 0.1) is 0 Å². The van der Waals surface area contributed by atoms with Crippen molar-refractivity contribution < 1.29 is 0 Å². The van der Waals surface area contributed by atoms with Crippen LogP contribution in [0.5, 0.6) is 0 Å². The molecule has 1 saturated heterocycles. The molecule has 0 aliphatic carbocycles. The van der Waals surface area contributed by atoms with Gasteiger partial charge in [0.1, 0.15) is 0 Å². The van der Waals surface area contributed by atoms with Gasteiger partial charge in [-0.1, -0.05) is 6.92 Å². The average Bonchev–Trinajstić information content (AvgIpc) is 2.35. The van der Waals surface area contributed by atoms with Gasteiger partial charge in [-0.05, 0) is 24.9 Å². The molecule has 3 N–H and O–H groups in total. The molecule has 2 heteroatoms. The van der Waals surface area contributed by atoms with E-state index in [1.165, 1.54) is 0 Å². The second kappa shape index (κ2) is 3.25. The van der Waals surface area contributed by atoms with Gasteiger partial charge < -0.3 is 11.1 Å². The molecular weight excluding hydrogens is 136 g/mol. The standard InChI is InChI=1S/C9H16N2/c1-3-4-8-9(2,7-10)5-6-11-8/h1,8,11H,4-7,10H2,2H3/t8-,9-/m0/s1. The van der Waals surface area contributed by atoms with Gasteiger partial charge in [0.15, 0.2) is 0 Å². The maximum atomic E-state index is 5.68. The molecule has 2 atom stereocenters. The molecule has 0 bridgehead atoms. The van der Waals surface area contributed by atoms with Crippen molar-refractivity contribution in [2.75, 3.05) is 13.1 Å². The summed E-state index contributed by atoms with van der Waals surface area (Å²) in [4.78, 5) is 0. The van der Waals surface area contributed by atoms with Gasteiger partial charge in [0.25, 0.3) is 0 Å². The highest BCUT2D eigenvalue weighted by molar-refractivity contribution is 5.01. The summed E-state index contributed by atoms with van der Waals surface area (Å²) in [5.74, 6) is 2.68. The van der Waals surface area contributed by atoms with Gasteiger partial charge in [0, 0.05) is 12.5 Å². The molecule has 0 aromatic heterocycles. The maximum absolute atomic E-state index is 5.68. The van der Waals surface area contributed by atoms with Crippen LogP contribution in [0.3, 0.4) is 0 Å². The number of nitrogens with two attached hydrogens (primary N) is 1. The Hall–Kier alpha value is -0.520. The number of rotatable bonds is 2. The van der Waals surface area contributed by atoms with Crippen molar-refractivity contribution >= 4 is 0 Å². The molecule has 0 aromatic carbocycles. The third kappa shape index (κ3) is 1.55. The second-order valence-electron chi connectivity index (χ2n) is 3.52. The first-order chi connectivity index (χ1) is 5.23. The summed E-state index contributed by atoms with van der Waals surface area (Å²) in [5.41, 5.74) is 5.91. The smallest absolute Gasteiger partial charge is 0.0246 e. The largest absolute Gasteiger partial charge is 0.330 e. The number of nitrogens with one attached hydrogen (secondary N) is 1. The molecule has 1 heterocycles. The van der Waals surface area contributed by atoms with Crippen LogP contribution in [0.4, 0.5) is 0 Å². The predicted molar refractivity (Wildman–Crippen MR) is 47.0 cm³/mol. The van der Waals surface area contributed by atoms with Gasteiger partial charge >= 0.3 is 0 Å². The van der Waals surface area contributed by atoms with E-state index in [1.807, 2.05) is 0 Å². The van der Waals surface area contributed by atoms with Crippen LogP contribution in [0.2, 0.25) is 0 Å². The van der Waals surface area contributed by atoms with Crippen LogP contribution in [0, 0.1) is 17.8 Å². The molecule has 0 saturated carbocycles. The monoisotopic (exact) mass is 152 g/mol. The first kappa shape index (κ1) is 8.58. The van der Waals surface area contributed by atoms with Crippen molar-refractivity contribution in [1.82, 2.24) is 5.32 Å². The highest BCUT2D eigenvalue weighted by Crippen LogP contribution is 2.30. The van der Waals surface area contributed by atoms with Crippen LogP contribution in [-0.2, 0) is 0 Å². The Morgan fingerprint density at radius 3 is 3.09 bits per heavy atom. The molecule has 1 fully saturated rings. The zero-order valence-corrected chi connectivity index (χ0v) is 7.06. The Bertz CT molecular complexity index is 171. The van der Waals surface area contributed by atoms with Crippen molar-refractivity contribution in [1.29, 1.82) is 0 Å². The molecule has 0 aromatic rings. The van der Waals surface area contributed by atoms with E-state index < -0.39 is 0 Å². The summed E-state index contributed by atoms with van der Waals surface area (Å²) in [6, 6.07) is 0.428. The summed E-state index contributed by atoms with van der Waals surface area (Å²) in [7, 11) is 0. The van der Waals surface area contributed by atoms with E-state index in [-0.39, 0.29) is 5.41 Å². The van der Waals surface area contributed by atoms with Crippen LogP contribution in [-0.4, -0.2) is 19.1 Å². The van der Waals surface area contributed by atoms with Crippen LogP contribution in [0.25, 0.3) is 0 Å². The highest BCUT2D eigenvalue weighted by Gasteiger charge is 2.36. The minimum absolute atomic E-state index is 0.229. The number of terminal acetylenes is 1. The van der Waals surface area contributed by atoms with Crippen molar-refractivity contribution in [2.45, 2.75) is 25.8 Å². The van der Waals surface area contributed by atoms with E-state index in [0.717, 1.165) is 25.9 Å². The lowest BCUT2D eigenvalue weighted by molar-refractivity contribution is 0.293. The predicted octanol–water partition coefficient (Wildman–Crippen LogP) is 0.337. The first-order valence-electron chi connectivity index (χ1n) is 4.10. The van der Waals surface area contributed by atoms with Crippen molar-refractivity contribution in [3.8, 4) is 12.3 Å². The lowest BCUT2D eigenvalue weighted by atomic mass is 9.81. The Morgan fingerprint density at radius 1 is 1.82 bits per heavy atom. The van der Waals surface area contributed by atoms with Crippen LogP contribution in [0.1, 0.15) is 19.8 Å².